The molecule has 1 unspecified atom stereocenters. The Morgan fingerprint density at radius 1 is 1.40 bits per heavy atom. The zero-order valence-corrected chi connectivity index (χ0v) is 10.5. The fourth-order valence-electron chi connectivity index (χ4n) is 1.14. The normalized spacial score (nSPS) is 13.7. The Hall–Kier alpha value is -0.610. The minimum Gasteiger partial charge on any atom is -0.392 e. The van der Waals surface area contributed by atoms with Crippen LogP contribution >= 0.6 is 0 Å². The Balaban J connectivity index is 4.10. The SMILES string of the molecule is CCN(CC)C(=O)CNC(C)(C)C(C)O. The molecule has 0 saturated heterocycles. The third-order valence-electron chi connectivity index (χ3n) is 2.86. The highest BCUT2D eigenvalue weighted by molar-refractivity contribution is 5.78. The lowest BCUT2D eigenvalue weighted by atomic mass is 9.99. The average molecular weight is 216 g/mol. The number of carbonyl (C=O) groups excluding carboxylic acids is 1. The Morgan fingerprint density at radius 3 is 2.20 bits per heavy atom. The molecule has 0 aliphatic rings. The molecule has 0 rings (SSSR count). The first kappa shape index (κ1) is 14.4. The molecule has 0 heterocycles. The molecule has 0 aliphatic carbocycles. The second kappa shape index (κ2) is 6.08. The highest BCUT2D eigenvalue weighted by Crippen LogP contribution is 2.07. The van der Waals surface area contributed by atoms with Crippen molar-refractivity contribution in [3.8, 4) is 0 Å². The van der Waals surface area contributed by atoms with Crippen LogP contribution in [0.2, 0.25) is 0 Å². The van der Waals surface area contributed by atoms with Crippen LogP contribution in [0.1, 0.15) is 34.6 Å². The maximum atomic E-state index is 11.7. The van der Waals surface area contributed by atoms with E-state index in [1.165, 1.54) is 0 Å². The van der Waals surface area contributed by atoms with Crippen molar-refractivity contribution in [2.75, 3.05) is 19.6 Å². The van der Waals surface area contributed by atoms with Gasteiger partial charge >= 0.3 is 0 Å². The van der Waals surface area contributed by atoms with Crippen LogP contribution in [0.15, 0.2) is 0 Å². The lowest BCUT2D eigenvalue weighted by molar-refractivity contribution is -0.130. The van der Waals surface area contributed by atoms with Gasteiger partial charge in [0.15, 0.2) is 0 Å². The van der Waals surface area contributed by atoms with Crippen LogP contribution in [0.3, 0.4) is 0 Å². The average Bonchev–Trinajstić information content (AvgIpc) is 2.16. The number of amides is 1. The molecule has 0 spiro atoms. The summed E-state index contributed by atoms with van der Waals surface area (Å²) in [7, 11) is 0. The molecule has 15 heavy (non-hydrogen) atoms. The molecule has 0 fully saturated rings. The molecule has 4 heteroatoms. The topological polar surface area (TPSA) is 52.6 Å². The zero-order valence-electron chi connectivity index (χ0n) is 10.5. The maximum Gasteiger partial charge on any atom is 0.236 e. The van der Waals surface area contributed by atoms with Gasteiger partial charge in [-0.05, 0) is 34.6 Å². The number of aliphatic hydroxyl groups excluding tert-OH is 1. The highest BCUT2D eigenvalue weighted by Gasteiger charge is 2.24. The van der Waals surface area contributed by atoms with Gasteiger partial charge in [-0.25, -0.2) is 0 Å². The zero-order chi connectivity index (χ0) is 12.1. The van der Waals surface area contributed by atoms with Gasteiger partial charge in [0.25, 0.3) is 0 Å². The molecule has 4 nitrogen and oxygen atoms in total. The van der Waals surface area contributed by atoms with Crippen LogP contribution in [0, 0.1) is 0 Å². The highest BCUT2D eigenvalue weighted by atomic mass is 16.3. The van der Waals surface area contributed by atoms with E-state index in [9.17, 15) is 9.90 Å². The molecule has 0 aromatic heterocycles. The van der Waals surface area contributed by atoms with Crippen molar-refractivity contribution in [1.29, 1.82) is 0 Å². The summed E-state index contributed by atoms with van der Waals surface area (Å²) in [5.74, 6) is 0.0775. The van der Waals surface area contributed by atoms with Gasteiger partial charge in [0.05, 0.1) is 12.6 Å². The summed E-state index contributed by atoms with van der Waals surface area (Å²) < 4.78 is 0. The van der Waals surface area contributed by atoms with Crippen LogP contribution in [-0.2, 0) is 4.79 Å². The maximum absolute atomic E-state index is 11.7. The number of rotatable bonds is 6. The van der Waals surface area contributed by atoms with E-state index in [0.29, 0.717) is 0 Å². The van der Waals surface area contributed by atoms with E-state index in [4.69, 9.17) is 0 Å². The van der Waals surface area contributed by atoms with Crippen molar-refractivity contribution in [2.45, 2.75) is 46.3 Å². The minimum absolute atomic E-state index is 0.0775. The third-order valence-corrected chi connectivity index (χ3v) is 2.86. The fraction of sp³-hybridized carbons (Fsp3) is 0.909. The fourth-order valence-corrected chi connectivity index (χ4v) is 1.14. The largest absolute Gasteiger partial charge is 0.392 e. The van der Waals surface area contributed by atoms with Crippen molar-refractivity contribution >= 4 is 5.91 Å². The Bertz CT molecular complexity index is 199. The molecule has 90 valence electrons. The van der Waals surface area contributed by atoms with Crippen molar-refractivity contribution in [3.05, 3.63) is 0 Å². The van der Waals surface area contributed by atoms with Gasteiger partial charge in [0.2, 0.25) is 5.91 Å². The van der Waals surface area contributed by atoms with E-state index in [0.717, 1.165) is 13.1 Å². The number of hydrogen-bond donors (Lipinski definition) is 2. The molecule has 0 bridgehead atoms. The van der Waals surface area contributed by atoms with Crippen molar-refractivity contribution in [3.63, 3.8) is 0 Å². The van der Waals surface area contributed by atoms with Crippen LogP contribution in [0.25, 0.3) is 0 Å². The van der Waals surface area contributed by atoms with Crippen LogP contribution in [-0.4, -0.2) is 47.2 Å². The molecule has 1 amide bonds. The molecule has 0 saturated carbocycles. The second-order valence-corrected chi connectivity index (χ2v) is 4.32. The van der Waals surface area contributed by atoms with Crippen molar-refractivity contribution in [1.82, 2.24) is 10.2 Å². The van der Waals surface area contributed by atoms with Gasteiger partial charge in [-0.1, -0.05) is 0 Å². The lowest BCUT2D eigenvalue weighted by Gasteiger charge is -2.30. The summed E-state index contributed by atoms with van der Waals surface area (Å²) in [4.78, 5) is 13.4. The number of nitrogens with zero attached hydrogens (tertiary/aromatic N) is 1. The van der Waals surface area contributed by atoms with E-state index in [2.05, 4.69) is 5.32 Å². The van der Waals surface area contributed by atoms with Gasteiger partial charge in [0.1, 0.15) is 0 Å². The van der Waals surface area contributed by atoms with E-state index in [1.807, 2.05) is 27.7 Å². The Kier molecular flexibility index (Phi) is 5.83. The van der Waals surface area contributed by atoms with Gasteiger partial charge in [-0.3, -0.25) is 4.79 Å². The van der Waals surface area contributed by atoms with E-state index >= 15 is 0 Å². The van der Waals surface area contributed by atoms with Crippen molar-refractivity contribution in [2.24, 2.45) is 0 Å². The predicted molar refractivity (Wildman–Crippen MR) is 61.7 cm³/mol. The summed E-state index contributed by atoms with van der Waals surface area (Å²) >= 11 is 0. The number of likely N-dealkylation sites (N-methyl/N-ethyl adjacent to an activating group) is 1. The summed E-state index contributed by atoms with van der Waals surface area (Å²) in [6.45, 7) is 11.1. The van der Waals surface area contributed by atoms with Crippen LogP contribution in [0.4, 0.5) is 0 Å². The van der Waals surface area contributed by atoms with Crippen LogP contribution < -0.4 is 5.32 Å². The molecular formula is C11H24N2O2. The van der Waals surface area contributed by atoms with Gasteiger partial charge in [0, 0.05) is 18.6 Å². The summed E-state index contributed by atoms with van der Waals surface area (Å²) in [5, 5.41) is 12.5. The van der Waals surface area contributed by atoms with Crippen molar-refractivity contribution < 1.29 is 9.90 Å². The van der Waals surface area contributed by atoms with E-state index in [-0.39, 0.29) is 12.5 Å². The summed E-state index contributed by atoms with van der Waals surface area (Å²) in [5.41, 5.74) is -0.428. The van der Waals surface area contributed by atoms with E-state index in [1.54, 1.807) is 11.8 Å². The summed E-state index contributed by atoms with van der Waals surface area (Å²) in [6.07, 6.45) is -0.484. The smallest absolute Gasteiger partial charge is 0.236 e. The minimum atomic E-state index is -0.484. The lowest BCUT2D eigenvalue weighted by Crippen LogP contribution is -2.52. The van der Waals surface area contributed by atoms with Crippen LogP contribution in [0.5, 0.6) is 0 Å². The van der Waals surface area contributed by atoms with Gasteiger partial charge in [-0.15, -0.1) is 0 Å². The first-order valence-corrected chi connectivity index (χ1v) is 5.56. The molecule has 0 aromatic rings. The number of carbonyl (C=O) groups is 1. The van der Waals surface area contributed by atoms with Gasteiger partial charge in [-0.2, -0.15) is 0 Å². The van der Waals surface area contributed by atoms with E-state index < -0.39 is 11.6 Å². The predicted octanol–water partition coefficient (Wildman–Crippen LogP) is 0.604. The molecule has 1 atom stereocenters. The molecular weight excluding hydrogens is 192 g/mol. The second-order valence-electron chi connectivity index (χ2n) is 4.32. The quantitative estimate of drug-likeness (QED) is 0.684. The Morgan fingerprint density at radius 2 is 1.87 bits per heavy atom. The first-order valence-electron chi connectivity index (χ1n) is 5.56. The molecule has 0 aromatic carbocycles. The number of nitrogens with one attached hydrogen (secondary N) is 1. The molecule has 2 N–H and O–H groups in total. The van der Waals surface area contributed by atoms with Gasteiger partial charge < -0.3 is 15.3 Å². The standard InChI is InChI=1S/C11H24N2O2/c1-6-13(7-2)10(15)8-12-11(4,5)9(3)14/h9,12,14H,6-8H2,1-5H3. The number of aliphatic hydroxyl groups is 1. The molecule has 0 aliphatic heterocycles. The number of hydrogen-bond acceptors (Lipinski definition) is 3. The monoisotopic (exact) mass is 216 g/mol. The molecule has 0 radical (unpaired) electrons. The Labute approximate surface area is 92.7 Å². The first-order chi connectivity index (χ1) is 6.85. The third kappa shape index (κ3) is 4.62. The summed E-state index contributed by atoms with van der Waals surface area (Å²) in [6, 6.07) is 0.